The maximum absolute atomic E-state index is 13.8. The normalized spacial score (nSPS) is 22.1. The molecule has 0 unspecified atom stereocenters. The van der Waals surface area contributed by atoms with Gasteiger partial charge in [-0.05, 0) is 68.6 Å². The van der Waals surface area contributed by atoms with Crippen LogP contribution in [0.15, 0.2) is 90.0 Å². The Morgan fingerprint density at radius 1 is 0.854 bits per heavy atom. The molecule has 6 nitrogen and oxygen atoms in total. The number of benzene rings is 4. The van der Waals surface area contributed by atoms with Gasteiger partial charge in [-0.3, -0.25) is 9.59 Å². The molecule has 4 aromatic carbocycles. The van der Waals surface area contributed by atoms with E-state index in [1.165, 1.54) is 6.21 Å². The monoisotopic (exact) mass is 674 g/mol. The zero-order valence-corrected chi connectivity index (χ0v) is 24.9. The van der Waals surface area contributed by atoms with Gasteiger partial charge in [0, 0.05) is 22.4 Å². The molecule has 0 aromatic heterocycles. The number of ether oxygens (including phenoxy) is 2. The number of hydrogen-bond acceptors (Lipinski definition) is 5. The number of methoxy groups -OCH3 is 1. The van der Waals surface area contributed by atoms with Crippen LogP contribution in [0.25, 0.3) is 0 Å². The minimum absolute atomic E-state index is 0.162. The topological polar surface area (TPSA) is 68.2 Å². The number of imide groups is 1. The summed E-state index contributed by atoms with van der Waals surface area (Å²) < 4.78 is 12.5. The summed E-state index contributed by atoms with van der Waals surface area (Å²) in [7, 11) is 1.57. The Kier molecular flexibility index (Phi) is 6.59. The van der Waals surface area contributed by atoms with Crippen molar-refractivity contribution in [2.24, 2.45) is 16.9 Å². The zero-order valence-electron chi connectivity index (χ0n) is 22.0. The Balaban J connectivity index is 1.18. The molecule has 0 N–H and O–H groups in total. The van der Waals surface area contributed by atoms with Gasteiger partial charge >= 0.3 is 0 Å². The smallest absolute Gasteiger partial charge is 0.254 e. The molecule has 1 heterocycles. The van der Waals surface area contributed by atoms with Crippen molar-refractivity contribution in [3.05, 3.63) is 127 Å². The van der Waals surface area contributed by atoms with Crippen LogP contribution in [0, 0.1) is 15.4 Å². The van der Waals surface area contributed by atoms with Crippen molar-refractivity contribution in [2.45, 2.75) is 18.4 Å². The summed E-state index contributed by atoms with van der Waals surface area (Å²) in [4.78, 5) is 27.6. The summed E-state index contributed by atoms with van der Waals surface area (Å²) in [5.41, 5.74) is 6.09. The molecule has 1 aliphatic heterocycles. The van der Waals surface area contributed by atoms with Gasteiger partial charge in [0.05, 0.1) is 28.7 Å². The fourth-order valence-corrected chi connectivity index (χ4v) is 7.59. The van der Waals surface area contributed by atoms with Crippen molar-refractivity contribution in [1.29, 1.82) is 0 Å². The number of rotatable bonds is 6. The summed E-state index contributed by atoms with van der Waals surface area (Å²) in [6, 6.07) is 27.5. The van der Waals surface area contributed by atoms with Gasteiger partial charge in [-0.2, -0.15) is 10.1 Å². The summed E-state index contributed by atoms with van der Waals surface area (Å²) in [6.07, 6.45) is 1.54. The average molecular weight is 675 g/mol. The number of carbonyl (C=O) groups is 2. The van der Waals surface area contributed by atoms with Crippen LogP contribution in [0.3, 0.4) is 0 Å². The number of halogens is 2. The Bertz CT molecular complexity index is 1640. The minimum Gasteiger partial charge on any atom is -0.493 e. The van der Waals surface area contributed by atoms with Crippen molar-refractivity contribution in [2.75, 3.05) is 7.11 Å². The fraction of sp³-hybridized carbons (Fsp3) is 0.182. The van der Waals surface area contributed by atoms with Gasteiger partial charge < -0.3 is 9.47 Å². The van der Waals surface area contributed by atoms with Crippen molar-refractivity contribution < 1.29 is 19.1 Å². The van der Waals surface area contributed by atoms with Crippen LogP contribution in [0.5, 0.6) is 11.5 Å². The van der Waals surface area contributed by atoms with Gasteiger partial charge in [-0.25, -0.2) is 0 Å². The third-order valence-corrected chi connectivity index (χ3v) is 9.50. The predicted octanol–water partition coefficient (Wildman–Crippen LogP) is 6.76. The number of amides is 2. The molecule has 2 bridgehead atoms. The minimum atomic E-state index is -0.468. The molecular formula is C33H24ClIN2O4. The molecule has 0 radical (unpaired) electrons. The first kappa shape index (κ1) is 26.2. The molecule has 4 aromatic rings. The third-order valence-electron chi connectivity index (χ3n) is 8.33. The summed E-state index contributed by atoms with van der Waals surface area (Å²) in [5.74, 6) is -0.671. The summed E-state index contributed by atoms with van der Waals surface area (Å²) in [5, 5.41) is 6.15. The van der Waals surface area contributed by atoms with Crippen LogP contribution in [0.1, 0.15) is 45.2 Å². The highest BCUT2D eigenvalue weighted by molar-refractivity contribution is 14.1. The summed E-state index contributed by atoms with van der Waals surface area (Å²) >= 11 is 8.46. The Morgan fingerprint density at radius 2 is 1.39 bits per heavy atom. The van der Waals surface area contributed by atoms with Gasteiger partial charge in [0.1, 0.15) is 6.61 Å². The number of hydrogen-bond donors (Lipinski definition) is 0. The second-order valence-electron chi connectivity index (χ2n) is 10.4. The van der Waals surface area contributed by atoms with Gasteiger partial charge in [0.2, 0.25) is 0 Å². The van der Waals surface area contributed by atoms with E-state index in [2.05, 4.69) is 52.0 Å². The Morgan fingerprint density at radius 3 is 1.93 bits per heavy atom. The standard InChI is InChI=1S/C33H24ClIN2O4/c1-40-26-15-18(14-25(35)31(26)41-17-19-8-2-7-13-24(19)34)16-36-37-32(38)29-27-20-9-3-4-10-21(20)28(30(29)33(37)39)23-12-6-5-11-22(23)27/h2-16,27-30H,17H2,1H3/b36-16-/t27?,28?,29-,30-/m0/s1. The SMILES string of the molecule is COc1cc(/C=N\N2C(=O)[C@H]3C4c5ccccc5C(c5ccccc54)[C@@H]3C2=O)cc(I)c1OCc1ccccc1Cl. The van der Waals surface area contributed by atoms with Gasteiger partial charge in [0.25, 0.3) is 11.8 Å². The molecule has 8 heteroatoms. The highest BCUT2D eigenvalue weighted by Crippen LogP contribution is 2.61. The third kappa shape index (κ3) is 4.16. The first-order chi connectivity index (χ1) is 20.0. The number of carbonyl (C=O) groups excluding carboxylic acids is 2. The first-order valence-corrected chi connectivity index (χ1v) is 14.8. The molecule has 1 fully saturated rings. The summed E-state index contributed by atoms with van der Waals surface area (Å²) in [6.45, 7) is 0.284. The van der Waals surface area contributed by atoms with E-state index in [-0.39, 0.29) is 30.3 Å². The van der Waals surface area contributed by atoms with Crippen LogP contribution < -0.4 is 9.47 Å². The van der Waals surface area contributed by atoms with E-state index in [1.54, 1.807) is 13.2 Å². The maximum atomic E-state index is 13.8. The lowest BCUT2D eigenvalue weighted by molar-refractivity contribution is -0.139. The lowest BCUT2D eigenvalue weighted by Crippen LogP contribution is -2.41. The molecule has 204 valence electrons. The molecule has 1 saturated heterocycles. The Labute approximate surface area is 256 Å². The van der Waals surface area contributed by atoms with Crippen LogP contribution in [-0.4, -0.2) is 30.1 Å². The molecule has 0 saturated carbocycles. The maximum Gasteiger partial charge on any atom is 0.254 e. The van der Waals surface area contributed by atoms with Crippen molar-refractivity contribution in [1.82, 2.24) is 5.01 Å². The first-order valence-electron chi connectivity index (χ1n) is 13.3. The fourth-order valence-electron chi connectivity index (χ4n) is 6.62. The second kappa shape index (κ2) is 10.3. The molecule has 4 aliphatic rings. The molecule has 2 atom stereocenters. The van der Waals surface area contributed by atoms with E-state index < -0.39 is 11.8 Å². The molecule has 0 spiro atoms. The lowest BCUT2D eigenvalue weighted by atomic mass is 9.55. The van der Waals surface area contributed by atoms with E-state index in [0.29, 0.717) is 22.1 Å². The van der Waals surface area contributed by atoms with E-state index in [0.717, 1.165) is 36.4 Å². The molecule has 3 aliphatic carbocycles. The van der Waals surface area contributed by atoms with E-state index in [4.69, 9.17) is 21.1 Å². The zero-order chi connectivity index (χ0) is 28.2. The van der Waals surface area contributed by atoms with E-state index in [1.807, 2.05) is 54.6 Å². The quantitative estimate of drug-likeness (QED) is 0.129. The van der Waals surface area contributed by atoms with Crippen molar-refractivity contribution >= 4 is 52.2 Å². The lowest BCUT2D eigenvalue weighted by Gasteiger charge is -2.45. The van der Waals surface area contributed by atoms with Crippen LogP contribution in [0.4, 0.5) is 0 Å². The second-order valence-corrected chi connectivity index (χ2v) is 12.0. The van der Waals surface area contributed by atoms with Gasteiger partial charge in [-0.15, -0.1) is 0 Å². The predicted molar refractivity (Wildman–Crippen MR) is 164 cm³/mol. The highest BCUT2D eigenvalue weighted by Gasteiger charge is 2.61. The largest absolute Gasteiger partial charge is 0.493 e. The van der Waals surface area contributed by atoms with E-state index in [9.17, 15) is 9.59 Å². The highest BCUT2D eigenvalue weighted by atomic mass is 127. The van der Waals surface area contributed by atoms with Gasteiger partial charge in [0.15, 0.2) is 11.5 Å². The van der Waals surface area contributed by atoms with Crippen LogP contribution in [0.2, 0.25) is 5.02 Å². The van der Waals surface area contributed by atoms with E-state index >= 15 is 0 Å². The molecule has 8 rings (SSSR count). The average Bonchev–Trinajstić information content (AvgIpc) is 3.25. The number of nitrogens with zero attached hydrogens (tertiary/aromatic N) is 2. The van der Waals surface area contributed by atoms with Gasteiger partial charge in [-0.1, -0.05) is 78.3 Å². The van der Waals surface area contributed by atoms with Crippen molar-refractivity contribution in [3.8, 4) is 11.5 Å². The van der Waals surface area contributed by atoms with Crippen LogP contribution in [-0.2, 0) is 16.2 Å². The molecule has 41 heavy (non-hydrogen) atoms. The van der Waals surface area contributed by atoms with Crippen LogP contribution >= 0.6 is 34.2 Å². The van der Waals surface area contributed by atoms with Crippen molar-refractivity contribution in [3.63, 3.8) is 0 Å². The molecule has 2 amide bonds. The molecular weight excluding hydrogens is 651 g/mol. The number of hydrazone groups is 1. The Hall–Kier alpha value is -3.69.